The first-order chi connectivity index (χ1) is 13.9. The molecule has 0 radical (unpaired) electrons. The zero-order valence-electron chi connectivity index (χ0n) is 17.6. The summed E-state index contributed by atoms with van der Waals surface area (Å²) < 4.78 is 0. The minimum atomic E-state index is -0.00109. The lowest BCUT2D eigenvalue weighted by Gasteiger charge is -2.46. The number of nitrogens with zero attached hydrogens (tertiary/aromatic N) is 2. The number of nitrogens with one attached hydrogen (secondary N) is 1. The van der Waals surface area contributed by atoms with E-state index in [9.17, 15) is 9.59 Å². The molecule has 2 aromatic rings. The monoisotopic (exact) mass is 391 g/mol. The first kappa shape index (κ1) is 19.5. The molecule has 0 bridgehead atoms. The average molecular weight is 392 g/mol. The number of hydrogen-bond acceptors (Lipinski definition) is 3. The van der Waals surface area contributed by atoms with Crippen molar-refractivity contribution in [1.82, 2.24) is 4.90 Å². The molecule has 0 aromatic heterocycles. The van der Waals surface area contributed by atoms with Gasteiger partial charge in [-0.3, -0.25) is 9.59 Å². The topological polar surface area (TPSA) is 52.7 Å². The maximum absolute atomic E-state index is 12.5. The van der Waals surface area contributed by atoms with Gasteiger partial charge in [-0.1, -0.05) is 25.1 Å². The Morgan fingerprint density at radius 1 is 1.03 bits per heavy atom. The number of rotatable bonds is 4. The van der Waals surface area contributed by atoms with Crippen LogP contribution < -0.4 is 10.2 Å². The van der Waals surface area contributed by atoms with Crippen LogP contribution in [0.5, 0.6) is 0 Å². The summed E-state index contributed by atoms with van der Waals surface area (Å²) in [6, 6.07) is 16.2. The normalized spacial score (nSPS) is 23.3. The van der Waals surface area contributed by atoms with E-state index in [0.29, 0.717) is 11.5 Å². The predicted octanol–water partition coefficient (Wildman–Crippen LogP) is 4.32. The number of carbonyl (C=O) groups is 2. The minimum absolute atomic E-state index is 0.00109. The van der Waals surface area contributed by atoms with Crippen molar-refractivity contribution in [3.8, 4) is 0 Å². The van der Waals surface area contributed by atoms with E-state index in [4.69, 9.17) is 0 Å². The minimum Gasteiger partial charge on any atom is -0.378 e. The van der Waals surface area contributed by atoms with Gasteiger partial charge in [-0.15, -0.1) is 0 Å². The molecule has 29 heavy (non-hydrogen) atoms. The zero-order chi connectivity index (χ0) is 20.7. The maximum Gasteiger partial charge on any atom is 0.253 e. The first-order valence-electron chi connectivity index (χ1n) is 10.4. The molecule has 1 heterocycles. The number of anilines is 2. The molecule has 4 rings (SSSR count). The summed E-state index contributed by atoms with van der Waals surface area (Å²) in [7, 11) is 3.52. The van der Waals surface area contributed by atoms with Gasteiger partial charge in [-0.2, -0.15) is 0 Å². The Labute approximate surface area is 172 Å². The largest absolute Gasteiger partial charge is 0.378 e. The van der Waals surface area contributed by atoms with Crippen molar-refractivity contribution < 1.29 is 9.59 Å². The fourth-order valence-corrected chi connectivity index (χ4v) is 4.66. The zero-order valence-corrected chi connectivity index (χ0v) is 17.6. The first-order valence-corrected chi connectivity index (χ1v) is 10.4. The summed E-state index contributed by atoms with van der Waals surface area (Å²) in [5.41, 5.74) is 3.83. The van der Waals surface area contributed by atoms with E-state index >= 15 is 0 Å². The highest BCUT2D eigenvalue weighted by atomic mass is 16.2. The van der Waals surface area contributed by atoms with Gasteiger partial charge in [0, 0.05) is 49.9 Å². The average Bonchev–Trinajstić information content (AvgIpc) is 3.54. The maximum atomic E-state index is 12.5. The summed E-state index contributed by atoms with van der Waals surface area (Å²) in [6.45, 7) is 3.92. The number of fused-ring (bicyclic) bond motifs is 1. The summed E-state index contributed by atoms with van der Waals surface area (Å²) in [5.74, 6) is 0.973. The van der Waals surface area contributed by atoms with Crippen molar-refractivity contribution in [1.29, 1.82) is 0 Å². The van der Waals surface area contributed by atoms with Crippen molar-refractivity contribution in [2.45, 2.75) is 38.8 Å². The molecular formula is C24H29N3O2. The lowest BCUT2D eigenvalue weighted by Crippen LogP contribution is -2.51. The third-order valence-corrected chi connectivity index (χ3v) is 6.20. The van der Waals surface area contributed by atoms with Crippen molar-refractivity contribution in [2.75, 3.05) is 24.3 Å². The molecule has 1 saturated carbocycles. The van der Waals surface area contributed by atoms with Crippen LogP contribution in [0.4, 0.5) is 11.4 Å². The molecule has 1 aliphatic heterocycles. The Kier molecular flexibility index (Phi) is 5.07. The third kappa shape index (κ3) is 3.61. The van der Waals surface area contributed by atoms with Gasteiger partial charge in [0.15, 0.2) is 0 Å². The summed E-state index contributed by atoms with van der Waals surface area (Å²) in [6.07, 6.45) is 2.38. The van der Waals surface area contributed by atoms with Gasteiger partial charge in [-0.05, 0) is 54.7 Å². The highest BCUT2D eigenvalue weighted by Crippen LogP contribution is 2.49. The Balaban J connectivity index is 1.66. The van der Waals surface area contributed by atoms with Gasteiger partial charge in [0.25, 0.3) is 5.91 Å². The molecule has 2 aliphatic rings. The van der Waals surface area contributed by atoms with Crippen LogP contribution in [0.25, 0.3) is 0 Å². The van der Waals surface area contributed by atoms with Crippen LogP contribution in [0.1, 0.15) is 48.7 Å². The number of para-hydroxylation sites is 1. The quantitative estimate of drug-likeness (QED) is 0.844. The molecule has 1 fully saturated rings. The molecule has 3 atom stereocenters. The third-order valence-electron chi connectivity index (χ3n) is 6.20. The Bertz CT molecular complexity index is 918. The van der Waals surface area contributed by atoms with Crippen molar-refractivity contribution in [3.63, 3.8) is 0 Å². The van der Waals surface area contributed by atoms with Gasteiger partial charge in [0.05, 0.1) is 6.04 Å². The molecule has 5 heteroatoms. The van der Waals surface area contributed by atoms with Gasteiger partial charge in [0.1, 0.15) is 0 Å². The van der Waals surface area contributed by atoms with E-state index in [2.05, 4.69) is 24.4 Å². The van der Waals surface area contributed by atoms with Crippen LogP contribution in [-0.2, 0) is 4.79 Å². The lowest BCUT2D eigenvalue weighted by molar-refractivity contribution is -0.117. The molecule has 1 unspecified atom stereocenters. The van der Waals surface area contributed by atoms with Crippen molar-refractivity contribution >= 4 is 23.2 Å². The fraction of sp³-hybridized carbons (Fsp3) is 0.417. The van der Waals surface area contributed by atoms with Crippen molar-refractivity contribution in [2.24, 2.45) is 11.8 Å². The number of carbonyl (C=O) groups excluding carboxylic acids is 2. The molecule has 152 valence electrons. The van der Waals surface area contributed by atoms with E-state index < -0.39 is 0 Å². The summed E-state index contributed by atoms with van der Waals surface area (Å²) in [5, 5.41) is 3.69. The molecule has 1 N–H and O–H groups in total. The molecule has 2 amide bonds. The van der Waals surface area contributed by atoms with Crippen molar-refractivity contribution in [3.05, 3.63) is 59.7 Å². The van der Waals surface area contributed by atoms with Crippen LogP contribution in [0.3, 0.4) is 0 Å². The second-order valence-corrected chi connectivity index (χ2v) is 8.53. The van der Waals surface area contributed by atoms with E-state index in [-0.39, 0.29) is 29.8 Å². The van der Waals surface area contributed by atoms with E-state index in [1.54, 1.807) is 25.9 Å². The van der Waals surface area contributed by atoms with Crippen LogP contribution in [0.15, 0.2) is 48.5 Å². The molecule has 2 aromatic carbocycles. The standard InChI is InChI=1S/C24H29N3O2/c1-15-22(25-19-13-11-18(12-14-19)24(29)26(3)4)20-7-5-6-8-21(20)27(16(2)28)23(15)17-9-10-17/h5-8,11-15,17,22-23,25H,9-10H2,1-4H3/t15-,22?,23-/m1/s1. The second-order valence-electron chi connectivity index (χ2n) is 8.53. The smallest absolute Gasteiger partial charge is 0.253 e. The van der Waals surface area contributed by atoms with E-state index in [1.165, 1.54) is 12.8 Å². The molecular weight excluding hydrogens is 362 g/mol. The summed E-state index contributed by atoms with van der Waals surface area (Å²) in [4.78, 5) is 28.3. The molecule has 1 aliphatic carbocycles. The summed E-state index contributed by atoms with van der Waals surface area (Å²) >= 11 is 0. The number of benzene rings is 2. The van der Waals surface area contributed by atoms with E-state index in [1.807, 2.05) is 41.3 Å². The van der Waals surface area contributed by atoms with Crippen LogP contribution >= 0.6 is 0 Å². The van der Waals surface area contributed by atoms with Crippen LogP contribution in [0.2, 0.25) is 0 Å². The fourth-order valence-electron chi connectivity index (χ4n) is 4.66. The highest BCUT2D eigenvalue weighted by molar-refractivity contribution is 5.95. The van der Waals surface area contributed by atoms with E-state index in [0.717, 1.165) is 16.9 Å². The van der Waals surface area contributed by atoms with Gasteiger partial charge in [-0.25, -0.2) is 0 Å². The second kappa shape index (κ2) is 7.54. The molecule has 5 nitrogen and oxygen atoms in total. The Morgan fingerprint density at radius 2 is 1.69 bits per heavy atom. The lowest BCUT2D eigenvalue weighted by atomic mass is 9.80. The van der Waals surface area contributed by atoms with Gasteiger partial charge < -0.3 is 15.1 Å². The number of amides is 2. The van der Waals surface area contributed by atoms with Crippen LogP contribution in [0, 0.1) is 11.8 Å². The van der Waals surface area contributed by atoms with Gasteiger partial charge >= 0.3 is 0 Å². The SMILES string of the molecule is CC(=O)N1c2ccccc2C(Nc2ccc(C(=O)N(C)C)cc2)[C@@H](C)[C@@H]1C1CC1. The Morgan fingerprint density at radius 3 is 2.28 bits per heavy atom. The number of hydrogen-bond donors (Lipinski definition) is 1. The molecule has 0 saturated heterocycles. The molecule has 0 spiro atoms. The predicted molar refractivity (Wildman–Crippen MR) is 116 cm³/mol. The highest BCUT2D eigenvalue weighted by Gasteiger charge is 2.47. The van der Waals surface area contributed by atoms with Gasteiger partial charge in [0.2, 0.25) is 5.91 Å². The Hall–Kier alpha value is -2.82. The van der Waals surface area contributed by atoms with Crippen LogP contribution in [-0.4, -0.2) is 36.9 Å².